The Bertz CT molecular complexity index is 2870. The zero-order chi connectivity index (χ0) is 42.1. The van der Waals surface area contributed by atoms with Gasteiger partial charge in [0.15, 0.2) is 8.07 Å². The van der Waals surface area contributed by atoms with Gasteiger partial charge in [0.2, 0.25) is 0 Å². The Hall–Kier alpha value is -5.37. The summed E-state index contributed by atoms with van der Waals surface area (Å²) in [7, 11) is -3.23. The molecule has 8 aromatic rings. The van der Waals surface area contributed by atoms with Gasteiger partial charge in [-0.05, 0) is 127 Å². The quantitative estimate of drug-likeness (QED) is 0.159. The number of rotatable bonds is 2. The van der Waals surface area contributed by atoms with Crippen LogP contribution in [-0.4, -0.2) is 8.07 Å². The molecule has 12 rings (SSSR count). The van der Waals surface area contributed by atoms with Gasteiger partial charge in [-0.1, -0.05) is 174 Å². The number of para-hydroxylation sites is 4. The molecule has 6 heteroatoms. The van der Waals surface area contributed by atoms with E-state index in [1.807, 2.05) is 35.3 Å². The average molecular weight is 871 g/mol. The monoisotopic (exact) mass is 870 g/mol. The highest BCUT2D eigenvalue weighted by Gasteiger charge is 2.57. The summed E-state index contributed by atoms with van der Waals surface area (Å²) in [4.78, 5) is 13.1. The normalized spacial score (nSPS) is 15.1. The number of fused-ring (bicyclic) bond motifs is 13. The average Bonchev–Trinajstić information content (AvgIpc) is 3.57. The van der Waals surface area contributed by atoms with E-state index >= 15 is 0 Å². The summed E-state index contributed by atoms with van der Waals surface area (Å²) in [5.74, 6) is 0. The van der Waals surface area contributed by atoms with Crippen LogP contribution >= 0.6 is 35.3 Å². The second kappa shape index (κ2) is 13.8. The minimum absolute atomic E-state index is 0.00255. The molecule has 4 heterocycles. The molecule has 0 radical (unpaired) electrons. The van der Waals surface area contributed by atoms with Gasteiger partial charge < -0.3 is 9.80 Å². The van der Waals surface area contributed by atoms with Gasteiger partial charge in [0, 0.05) is 40.7 Å². The van der Waals surface area contributed by atoms with Gasteiger partial charge in [0.25, 0.3) is 0 Å². The van der Waals surface area contributed by atoms with Crippen LogP contribution in [0.5, 0.6) is 0 Å². The van der Waals surface area contributed by atoms with E-state index in [4.69, 9.17) is 0 Å². The molecule has 8 aromatic carbocycles. The maximum Gasteiger partial charge on any atom is 0.187 e. The molecule has 0 aliphatic carbocycles. The summed E-state index contributed by atoms with van der Waals surface area (Å²) < 4.78 is 0. The molecule has 0 atom stereocenters. The van der Waals surface area contributed by atoms with Gasteiger partial charge in [-0.25, -0.2) is 0 Å². The summed E-state index contributed by atoms with van der Waals surface area (Å²) >= 11 is 5.75. The van der Waals surface area contributed by atoms with Crippen molar-refractivity contribution in [3.63, 3.8) is 0 Å². The van der Waals surface area contributed by atoms with Crippen molar-refractivity contribution in [2.24, 2.45) is 0 Å². The lowest BCUT2D eigenvalue weighted by Gasteiger charge is -2.43. The predicted octanol–water partition coefficient (Wildman–Crippen LogP) is 14.0. The Kier molecular flexibility index (Phi) is 8.54. The standard InChI is InChI=1S/C56H46N2S3Si/c1-55(2,3)35-29-31-51-49(33-35)61-50-34-36(56(4,5)6)30-32-52(50)62(51)53-37(17-15-23-43(53)57-39-19-7-11-25-45(39)59-46-26-12-8-20-40(46)57)38-18-16-24-44(54(38)62)58-41-21-9-13-27-47(41)60-48-28-14-10-22-42(48)58/h7-34H,1-6H3. The first kappa shape index (κ1) is 38.3. The third-order valence-corrected chi connectivity index (χ3v) is 22.0. The van der Waals surface area contributed by atoms with Crippen LogP contribution in [0.25, 0.3) is 11.1 Å². The smallest absolute Gasteiger partial charge is 0.187 e. The zero-order valence-electron chi connectivity index (χ0n) is 35.8. The van der Waals surface area contributed by atoms with E-state index < -0.39 is 8.07 Å². The fraction of sp³-hybridized carbons (Fsp3) is 0.143. The molecule has 2 nitrogen and oxygen atoms in total. The predicted molar refractivity (Wildman–Crippen MR) is 268 cm³/mol. The van der Waals surface area contributed by atoms with Crippen LogP contribution in [0, 0.1) is 0 Å². The number of benzene rings is 8. The third-order valence-electron chi connectivity index (χ3n) is 13.2. The molecular weight excluding hydrogens is 825 g/mol. The van der Waals surface area contributed by atoms with Gasteiger partial charge in [0.05, 0.1) is 22.7 Å². The molecular formula is C56H46N2S3Si. The third kappa shape index (κ3) is 5.52. The minimum atomic E-state index is -3.23. The number of anilines is 6. The van der Waals surface area contributed by atoms with E-state index in [-0.39, 0.29) is 10.8 Å². The summed E-state index contributed by atoms with van der Waals surface area (Å²) in [6.45, 7) is 14.1. The van der Waals surface area contributed by atoms with Crippen LogP contribution in [0.15, 0.2) is 199 Å². The molecule has 62 heavy (non-hydrogen) atoms. The molecule has 0 aromatic heterocycles. The van der Waals surface area contributed by atoms with Gasteiger partial charge in [-0.2, -0.15) is 0 Å². The molecule has 0 fully saturated rings. The number of hydrogen-bond acceptors (Lipinski definition) is 5. The molecule has 0 bridgehead atoms. The lowest BCUT2D eigenvalue weighted by atomic mass is 9.87. The Morgan fingerprint density at radius 1 is 0.339 bits per heavy atom. The van der Waals surface area contributed by atoms with Crippen LogP contribution in [0.2, 0.25) is 0 Å². The van der Waals surface area contributed by atoms with Crippen molar-refractivity contribution in [2.45, 2.75) is 81.7 Å². The van der Waals surface area contributed by atoms with E-state index in [2.05, 4.69) is 221 Å². The molecule has 302 valence electrons. The van der Waals surface area contributed by atoms with Gasteiger partial charge in [-0.15, -0.1) is 0 Å². The van der Waals surface area contributed by atoms with Crippen molar-refractivity contribution < 1.29 is 0 Å². The van der Waals surface area contributed by atoms with Gasteiger partial charge in [-0.3, -0.25) is 0 Å². The maximum atomic E-state index is 2.61. The molecule has 0 unspecified atom stereocenters. The van der Waals surface area contributed by atoms with Crippen molar-refractivity contribution in [1.29, 1.82) is 0 Å². The van der Waals surface area contributed by atoms with Gasteiger partial charge in [0.1, 0.15) is 0 Å². The van der Waals surface area contributed by atoms with Crippen molar-refractivity contribution in [3.8, 4) is 11.1 Å². The Morgan fingerprint density at radius 3 is 1.02 bits per heavy atom. The molecule has 4 aliphatic heterocycles. The summed E-state index contributed by atoms with van der Waals surface area (Å²) in [5.41, 5.74) is 12.9. The lowest BCUT2D eigenvalue weighted by Crippen LogP contribution is -2.75. The Labute approximate surface area is 379 Å². The summed E-state index contributed by atoms with van der Waals surface area (Å²) in [5, 5.41) is 5.91. The van der Waals surface area contributed by atoms with Crippen molar-refractivity contribution in [2.75, 3.05) is 9.80 Å². The summed E-state index contributed by atoms with van der Waals surface area (Å²) in [6.07, 6.45) is 0. The second-order valence-electron chi connectivity index (χ2n) is 18.9. The molecule has 0 saturated carbocycles. The van der Waals surface area contributed by atoms with E-state index in [0.29, 0.717) is 0 Å². The Balaban J connectivity index is 1.26. The number of hydrogen-bond donors (Lipinski definition) is 0. The van der Waals surface area contributed by atoms with Crippen molar-refractivity contribution in [1.82, 2.24) is 0 Å². The summed E-state index contributed by atoms with van der Waals surface area (Å²) in [6, 6.07) is 65.5. The fourth-order valence-corrected chi connectivity index (χ4v) is 20.2. The largest absolute Gasteiger partial charge is 0.308 e. The van der Waals surface area contributed by atoms with Crippen LogP contribution in [-0.2, 0) is 10.8 Å². The molecule has 0 N–H and O–H groups in total. The highest BCUT2D eigenvalue weighted by Crippen LogP contribution is 2.55. The highest BCUT2D eigenvalue weighted by molar-refractivity contribution is 8.00. The second-order valence-corrected chi connectivity index (χ2v) is 25.7. The maximum absolute atomic E-state index is 3.23. The molecule has 0 amide bonds. The van der Waals surface area contributed by atoms with Crippen LogP contribution < -0.4 is 30.5 Å². The zero-order valence-corrected chi connectivity index (χ0v) is 39.2. The SMILES string of the molecule is CC(C)(C)c1ccc2c(c1)Sc1cc(C(C)(C)C)ccc1[Si]21c2c(cccc2N2c3ccccc3Sc3ccccc32)-c2cccc(N3c4ccccc4Sc4ccccc43)c21. The van der Waals surface area contributed by atoms with E-state index in [9.17, 15) is 0 Å². The molecule has 1 spiro atoms. The van der Waals surface area contributed by atoms with E-state index in [0.717, 1.165) is 0 Å². The topological polar surface area (TPSA) is 6.48 Å². The van der Waals surface area contributed by atoms with Crippen molar-refractivity contribution in [3.05, 3.63) is 181 Å². The van der Waals surface area contributed by atoms with E-state index in [1.165, 1.54) is 106 Å². The first-order chi connectivity index (χ1) is 30.0. The van der Waals surface area contributed by atoms with Crippen LogP contribution in [0.4, 0.5) is 34.1 Å². The fourth-order valence-electron chi connectivity index (χ4n) is 10.3. The highest BCUT2D eigenvalue weighted by atomic mass is 32.2. The minimum Gasteiger partial charge on any atom is -0.308 e. The number of nitrogens with zero attached hydrogens (tertiary/aromatic N) is 2. The van der Waals surface area contributed by atoms with Gasteiger partial charge >= 0.3 is 0 Å². The van der Waals surface area contributed by atoms with Crippen LogP contribution in [0.1, 0.15) is 52.7 Å². The lowest BCUT2D eigenvalue weighted by molar-refractivity contribution is 0.589. The first-order valence-electron chi connectivity index (χ1n) is 21.6. The Morgan fingerprint density at radius 2 is 0.661 bits per heavy atom. The molecule has 4 aliphatic rings. The van der Waals surface area contributed by atoms with Crippen LogP contribution in [0.3, 0.4) is 0 Å². The van der Waals surface area contributed by atoms with Crippen molar-refractivity contribution >= 4 is 98.2 Å². The van der Waals surface area contributed by atoms with E-state index in [1.54, 1.807) is 0 Å². The first-order valence-corrected chi connectivity index (χ1v) is 26.0. The molecule has 0 saturated heterocycles.